The molecule has 0 aromatic heterocycles. The van der Waals surface area contributed by atoms with Gasteiger partial charge in [0, 0.05) is 6.54 Å². The van der Waals surface area contributed by atoms with Gasteiger partial charge < -0.3 is 26.2 Å². The van der Waals surface area contributed by atoms with Crippen LogP contribution in [0.2, 0.25) is 0 Å². The van der Waals surface area contributed by atoms with E-state index in [9.17, 15) is 24.5 Å². The lowest BCUT2D eigenvalue weighted by atomic mass is 10.0. The van der Waals surface area contributed by atoms with Crippen LogP contribution in [0.15, 0.2) is 12.2 Å². The number of hydrogen-bond donors (Lipinski definition) is 5. The molecule has 0 saturated heterocycles. The third-order valence-electron chi connectivity index (χ3n) is 9.67. The predicted molar refractivity (Wildman–Crippen MR) is 214 cm³/mol. The Morgan fingerprint density at radius 2 is 1.08 bits per heavy atom. The average molecular weight is 747 g/mol. The number of rotatable bonds is 40. The van der Waals surface area contributed by atoms with Gasteiger partial charge in [-0.1, -0.05) is 193 Å². The molecule has 4 atom stereocenters. The van der Waals surface area contributed by atoms with Crippen molar-refractivity contribution in [3.63, 3.8) is 0 Å². The van der Waals surface area contributed by atoms with Gasteiger partial charge in [-0.2, -0.15) is 0 Å². The molecule has 0 bridgehead atoms. The summed E-state index contributed by atoms with van der Waals surface area (Å²) >= 11 is 0. The molecule has 0 radical (unpaired) electrons. The van der Waals surface area contributed by atoms with Gasteiger partial charge >= 0.3 is 7.82 Å². The van der Waals surface area contributed by atoms with Crippen LogP contribution >= 0.6 is 7.82 Å². The summed E-state index contributed by atoms with van der Waals surface area (Å²) in [5, 5.41) is 24.0. The van der Waals surface area contributed by atoms with Crippen molar-refractivity contribution in [2.75, 3.05) is 19.8 Å². The molecular weight excluding hydrogens is 663 g/mol. The van der Waals surface area contributed by atoms with Crippen LogP contribution in [-0.4, -0.2) is 59.0 Å². The van der Waals surface area contributed by atoms with E-state index in [4.69, 9.17) is 14.8 Å². The second-order valence-electron chi connectivity index (χ2n) is 14.8. The van der Waals surface area contributed by atoms with Crippen LogP contribution in [0.4, 0.5) is 0 Å². The third-order valence-corrected chi connectivity index (χ3v) is 10.7. The number of allylic oxidation sites excluding steroid dienone is 1. The van der Waals surface area contributed by atoms with E-state index in [2.05, 4.69) is 19.2 Å². The number of nitrogens with two attached hydrogens (primary N) is 1. The first-order valence-corrected chi connectivity index (χ1v) is 22.9. The minimum atomic E-state index is -4.39. The largest absolute Gasteiger partial charge is 0.472 e. The highest BCUT2D eigenvalue weighted by molar-refractivity contribution is 7.47. The summed E-state index contributed by atoms with van der Waals surface area (Å²) in [5.41, 5.74) is 5.35. The van der Waals surface area contributed by atoms with Gasteiger partial charge in [0.15, 0.2) is 0 Å². The number of phosphoric acid groups is 1. The molecule has 0 aliphatic rings. The smallest absolute Gasteiger partial charge is 0.393 e. The van der Waals surface area contributed by atoms with Crippen LogP contribution in [0.5, 0.6) is 0 Å². The molecule has 0 spiro atoms. The minimum absolute atomic E-state index is 0.0513. The number of unbranched alkanes of at least 4 members (excludes halogenated alkanes) is 26. The van der Waals surface area contributed by atoms with E-state index >= 15 is 0 Å². The van der Waals surface area contributed by atoms with E-state index in [1.165, 1.54) is 141 Å². The average Bonchev–Trinajstić information content (AvgIpc) is 3.10. The second kappa shape index (κ2) is 37.5. The zero-order valence-electron chi connectivity index (χ0n) is 33.2. The van der Waals surface area contributed by atoms with Gasteiger partial charge in [-0.3, -0.25) is 13.8 Å². The van der Waals surface area contributed by atoms with Crippen molar-refractivity contribution in [3.05, 3.63) is 12.2 Å². The number of carbonyl (C=O) groups excluding carboxylic acids is 1. The number of aliphatic hydroxyl groups is 2. The van der Waals surface area contributed by atoms with Crippen molar-refractivity contribution in [2.45, 2.75) is 225 Å². The molecule has 1 amide bonds. The van der Waals surface area contributed by atoms with Crippen molar-refractivity contribution in [2.24, 2.45) is 5.73 Å². The Balaban J connectivity index is 4.27. The molecule has 304 valence electrons. The number of carbonyl (C=O) groups is 1. The molecule has 0 aromatic rings. The molecule has 51 heavy (non-hydrogen) atoms. The first-order chi connectivity index (χ1) is 24.8. The predicted octanol–water partition coefficient (Wildman–Crippen LogP) is 10.6. The standard InChI is InChI=1S/C41H83N2O7P/c1-3-5-7-9-11-13-15-17-18-19-20-21-22-24-26-28-30-32-38(44)36-41(46)43-39(37-50-51(47,48)49-35-34-42)40(45)33-31-29-27-25-23-16-14-12-10-8-6-4-2/h31,33,38-40,44-45H,3-30,32,34-37,42H2,1-2H3,(H,43,46)(H,47,48)/b33-31+. The number of hydrogen-bond acceptors (Lipinski definition) is 7. The van der Waals surface area contributed by atoms with Crippen LogP contribution in [0.3, 0.4) is 0 Å². The Morgan fingerprint density at radius 3 is 1.51 bits per heavy atom. The van der Waals surface area contributed by atoms with Crippen molar-refractivity contribution in [3.8, 4) is 0 Å². The number of aliphatic hydroxyl groups excluding tert-OH is 2. The summed E-state index contributed by atoms with van der Waals surface area (Å²) in [4.78, 5) is 22.7. The van der Waals surface area contributed by atoms with Crippen LogP contribution in [-0.2, 0) is 18.4 Å². The topological polar surface area (TPSA) is 151 Å². The Hall–Kier alpha value is -0.800. The van der Waals surface area contributed by atoms with Crippen molar-refractivity contribution >= 4 is 13.7 Å². The number of amides is 1. The Labute approximate surface area is 314 Å². The maximum Gasteiger partial charge on any atom is 0.472 e. The number of phosphoric ester groups is 1. The highest BCUT2D eigenvalue weighted by Gasteiger charge is 2.27. The minimum Gasteiger partial charge on any atom is -0.393 e. The van der Waals surface area contributed by atoms with Gasteiger partial charge in [-0.15, -0.1) is 0 Å². The number of nitrogens with one attached hydrogen (secondary N) is 1. The van der Waals surface area contributed by atoms with E-state index in [0.29, 0.717) is 6.42 Å². The lowest BCUT2D eigenvalue weighted by Crippen LogP contribution is -2.46. The summed E-state index contributed by atoms with van der Waals surface area (Å²) in [6.07, 6.45) is 37.2. The molecule has 0 fully saturated rings. The fraction of sp³-hybridized carbons (Fsp3) is 0.927. The molecule has 0 aliphatic carbocycles. The third kappa shape index (κ3) is 36.0. The van der Waals surface area contributed by atoms with Crippen LogP contribution < -0.4 is 11.1 Å². The summed E-state index contributed by atoms with van der Waals surface area (Å²) in [7, 11) is -4.39. The molecule has 0 saturated carbocycles. The summed E-state index contributed by atoms with van der Waals surface area (Å²) in [5.74, 6) is -0.444. The maximum absolute atomic E-state index is 12.8. The summed E-state index contributed by atoms with van der Waals surface area (Å²) in [6.45, 7) is 3.97. The monoisotopic (exact) mass is 747 g/mol. The molecule has 10 heteroatoms. The van der Waals surface area contributed by atoms with Gasteiger partial charge in [0.1, 0.15) is 0 Å². The normalized spacial score (nSPS) is 14.9. The fourth-order valence-corrected chi connectivity index (χ4v) is 7.17. The van der Waals surface area contributed by atoms with Gasteiger partial charge in [-0.05, 0) is 19.3 Å². The van der Waals surface area contributed by atoms with Gasteiger partial charge in [0.25, 0.3) is 0 Å². The van der Waals surface area contributed by atoms with Gasteiger partial charge in [0.2, 0.25) is 5.91 Å². The first kappa shape index (κ1) is 50.2. The molecule has 4 unspecified atom stereocenters. The van der Waals surface area contributed by atoms with Crippen molar-refractivity contribution in [1.29, 1.82) is 0 Å². The lowest BCUT2D eigenvalue weighted by molar-refractivity contribution is -0.124. The fourth-order valence-electron chi connectivity index (χ4n) is 6.41. The molecule has 9 nitrogen and oxygen atoms in total. The molecular formula is C41H83N2O7P. The zero-order valence-corrected chi connectivity index (χ0v) is 34.1. The second-order valence-corrected chi connectivity index (χ2v) is 16.2. The van der Waals surface area contributed by atoms with Gasteiger partial charge in [-0.25, -0.2) is 4.57 Å². The quantitative estimate of drug-likeness (QED) is 0.0236. The van der Waals surface area contributed by atoms with E-state index in [0.717, 1.165) is 38.5 Å². The SMILES string of the molecule is CCCCCCCCCCCC/C=C/C(O)C(COP(=O)(O)OCCN)NC(=O)CC(O)CCCCCCCCCCCCCCCCCCC. The van der Waals surface area contributed by atoms with Crippen LogP contribution in [0.1, 0.15) is 206 Å². The molecule has 0 aromatic carbocycles. The van der Waals surface area contributed by atoms with Crippen LogP contribution in [0, 0.1) is 0 Å². The first-order valence-electron chi connectivity index (χ1n) is 21.4. The van der Waals surface area contributed by atoms with E-state index in [1.54, 1.807) is 6.08 Å². The molecule has 0 heterocycles. The Morgan fingerprint density at radius 1 is 0.667 bits per heavy atom. The lowest BCUT2D eigenvalue weighted by Gasteiger charge is -2.24. The molecule has 0 rings (SSSR count). The Kier molecular flexibility index (Phi) is 36.9. The highest BCUT2D eigenvalue weighted by Crippen LogP contribution is 2.43. The maximum atomic E-state index is 12.8. The summed E-state index contributed by atoms with van der Waals surface area (Å²) < 4.78 is 22.0. The van der Waals surface area contributed by atoms with E-state index < -0.39 is 38.6 Å². The van der Waals surface area contributed by atoms with Crippen molar-refractivity contribution < 1.29 is 33.5 Å². The molecule has 6 N–H and O–H groups in total. The van der Waals surface area contributed by atoms with E-state index in [-0.39, 0.29) is 19.6 Å². The van der Waals surface area contributed by atoms with Crippen LogP contribution in [0.25, 0.3) is 0 Å². The van der Waals surface area contributed by atoms with Crippen molar-refractivity contribution in [1.82, 2.24) is 5.32 Å². The zero-order chi connectivity index (χ0) is 37.7. The van der Waals surface area contributed by atoms with E-state index in [1.807, 2.05) is 6.08 Å². The summed E-state index contributed by atoms with van der Waals surface area (Å²) in [6, 6.07) is -0.976. The Bertz CT molecular complexity index is 832. The molecule has 0 aliphatic heterocycles. The highest BCUT2D eigenvalue weighted by atomic mass is 31.2. The van der Waals surface area contributed by atoms with Gasteiger partial charge in [0.05, 0.1) is 37.9 Å².